The molecule has 0 bridgehead atoms. The number of aliphatic imine (C=N–C) groups is 1. The number of benzene rings is 1. The predicted molar refractivity (Wildman–Crippen MR) is 288 cm³/mol. The summed E-state index contributed by atoms with van der Waals surface area (Å²) in [5.41, 5.74) is 29.4. The van der Waals surface area contributed by atoms with Crippen molar-refractivity contribution >= 4 is 59.1 Å². The van der Waals surface area contributed by atoms with Gasteiger partial charge >= 0.3 is 0 Å². The molecule has 1 aliphatic heterocycles. The average molecular weight is 1070 g/mol. The maximum atomic E-state index is 14.6. The quantitative estimate of drug-likeness (QED) is 0.0266. The highest BCUT2D eigenvalue weighted by Crippen LogP contribution is 2.13. The summed E-state index contributed by atoms with van der Waals surface area (Å²) in [5, 5.41) is 34.7. The molecular weight excluding hydrogens is 983 g/mol. The zero-order valence-electron chi connectivity index (χ0n) is 45.1. The van der Waals surface area contributed by atoms with Gasteiger partial charge in [0.1, 0.15) is 48.3 Å². The summed E-state index contributed by atoms with van der Waals surface area (Å²) in [6, 6.07) is -1.79. The molecule has 25 nitrogen and oxygen atoms in total. The molecule has 9 amide bonds. The van der Waals surface area contributed by atoms with Crippen molar-refractivity contribution in [3.05, 3.63) is 35.9 Å². The van der Waals surface area contributed by atoms with Crippen molar-refractivity contribution in [1.82, 2.24) is 47.9 Å². The fourth-order valence-corrected chi connectivity index (χ4v) is 8.38. The lowest BCUT2D eigenvalue weighted by atomic mass is 10.00. The largest absolute Gasteiger partial charge is 0.393 e. The minimum atomic E-state index is -1.50. The molecule has 1 saturated heterocycles. The first-order chi connectivity index (χ1) is 36.1. The zero-order chi connectivity index (χ0) is 56.7. The second kappa shape index (κ2) is 35.7. The Kier molecular flexibility index (Phi) is 30.9. The van der Waals surface area contributed by atoms with Gasteiger partial charge in [0.25, 0.3) is 0 Å². The smallest absolute Gasteiger partial charge is 0.243 e. The summed E-state index contributed by atoms with van der Waals surface area (Å²) >= 11 is 0. The Morgan fingerprint density at radius 2 is 1.14 bits per heavy atom. The zero-order valence-corrected chi connectivity index (χ0v) is 45.1. The molecule has 20 N–H and O–H groups in total. The van der Waals surface area contributed by atoms with E-state index in [0.29, 0.717) is 18.4 Å². The van der Waals surface area contributed by atoms with Gasteiger partial charge in [-0.15, -0.1) is 0 Å². The van der Waals surface area contributed by atoms with Gasteiger partial charge in [0.15, 0.2) is 5.96 Å². The Morgan fingerprint density at radius 1 is 0.645 bits per heavy atom. The van der Waals surface area contributed by atoms with Crippen LogP contribution in [0, 0.1) is 11.8 Å². The van der Waals surface area contributed by atoms with Crippen LogP contribution in [0.5, 0.6) is 0 Å². The number of nitrogens with two attached hydrogens (primary N) is 5. The second-order valence-corrected chi connectivity index (χ2v) is 20.1. The first kappa shape index (κ1) is 65.7. The Bertz CT molecular complexity index is 2040. The van der Waals surface area contributed by atoms with Gasteiger partial charge in [0.05, 0.1) is 12.5 Å². The molecule has 428 valence electrons. The van der Waals surface area contributed by atoms with Crippen molar-refractivity contribution in [2.24, 2.45) is 45.5 Å². The number of nitrogens with zero attached hydrogens (tertiary/aromatic N) is 1. The van der Waals surface area contributed by atoms with E-state index in [1.807, 2.05) is 34.6 Å². The highest BCUT2D eigenvalue weighted by Gasteiger charge is 2.36. The fraction of sp³-hybridized carbons (Fsp3) is 0.686. The Labute approximate surface area is 447 Å². The highest BCUT2D eigenvalue weighted by atomic mass is 16.3. The first-order valence-corrected chi connectivity index (χ1v) is 26.7. The van der Waals surface area contributed by atoms with E-state index in [2.05, 4.69) is 52.8 Å². The minimum Gasteiger partial charge on any atom is -0.393 e. The Hall–Kier alpha value is -6.44. The van der Waals surface area contributed by atoms with Gasteiger partial charge in [-0.1, -0.05) is 84.2 Å². The van der Waals surface area contributed by atoms with Gasteiger partial charge in [-0.05, 0) is 94.8 Å². The van der Waals surface area contributed by atoms with Crippen LogP contribution in [0.3, 0.4) is 0 Å². The number of unbranched alkanes of at least 4 members (excludes halogenated alkanes) is 2. The lowest BCUT2D eigenvalue weighted by molar-refractivity contribution is -0.136. The van der Waals surface area contributed by atoms with Gasteiger partial charge in [0, 0.05) is 19.5 Å². The molecule has 1 aromatic carbocycles. The van der Waals surface area contributed by atoms with Crippen LogP contribution >= 0.6 is 0 Å². The molecule has 0 aromatic heterocycles. The van der Waals surface area contributed by atoms with Crippen LogP contribution in [0.2, 0.25) is 0 Å². The summed E-state index contributed by atoms with van der Waals surface area (Å²) in [6.07, 6.45) is 1.29. The lowest BCUT2D eigenvalue weighted by Crippen LogP contribution is -2.60. The second-order valence-electron chi connectivity index (χ2n) is 20.1. The monoisotopic (exact) mass is 1070 g/mol. The number of nitrogens with one attached hydrogen (secondary N) is 9. The van der Waals surface area contributed by atoms with Crippen LogP contribution in [0.15, 0.2) is 35.3 Å². The number of hydrogen-bond acceptors (Lipinski definition) is 14. The van der Waals surface area contributed by atoms with E-state index < -0.39 is 108 Å². The third kappa shape index (κ3) is 25.4. The van der Waals surface area contributed by atoms with Crippen LogP contribution in [0.1, 0.15) is 124 Å². The molecule has 1 aromatic rings. The maximum absolute atomic E-state index is 14.6. The number of rotatable bonds is 25. The molecule has 0 saturated carbocycles. The number of guanidine groups is 1. The average Bonchev–Trinajstić information content (AvgIpc) is 3.35. The normalized spacial score (nSPS) is 22.6. The summed E-state index contributed by atoms with van der Waals surface area (Å²) in [5.74, 6) is -7.45. The van der Waals surface area contributed by atoms with Gasteiger partial charge in [0.2, 0.25) is 53.2 Å². The summed E-state index contributed by atoms with van der Waals surface area (Å²) in [7, 11) is 0. The molecule has 2 rings (SSSR count). The number of aliphatic hydroxyl groups excluding tert-OH is 1. The van der Waals surface area contributed by atoms with Crippen molar-refractivity contribution in [1.29, 1.82) is 0 Å². The molecule has 1 aliphatic rings. The molecule has 25 heteroatoms. The molecule has 0 unspecified atom stereocenters. The number of aliphatic hydroxyl groups is 1. The summed E-state index contributed by atoms with van der Waals surface area (Å²) < 4.78 is 0. The molecule has 9 atom stereocenters. The van der Waals surface area contributed by atoms with Crippen LogP contribution in [-0.4, -0.2) is 151 Å². The fourth-order valence-electron chi connectivity index (χ4n) is 8.38. The lowest BCUT2D eigenvalue weighted by Gasteiger charge is -2.28. The molecule has 1 fully saturated rings. The molecule has 0 radical (unpaired) electrons. The third-order valence-corrected chi connectivity index (χ3v) is 12.4. The van der Waals surface area contributed by atoms with Gasteiger partial charge in [-0.3, -0.25) is 48.1 Å². The van der Waals surface area contributed by atoms with Crippen molar-refractivity contribution in [2.75, 3.05) is 32.7 Å². The van der Waals surface area contributed by atoms with E-state index in [0.717, 1.165) is 12.8 Å². The molecule has 1 heterocycles. The van der Waals surface area contributed by atoms with Crippen LogP contribution in [0.25, 0.3) is 0 Å². The first-order valence-electron chi connectivity index (χ1n) is 26.7. The maximum Gasteiger partial charge on any atom is 0.243 e. The molecule has 0 aliphatic carbocycles. The SMILES string of the molecule is CCCCC[C@@H](O)CC(=O)N[C@H](CCN)C(=O)N[C@H]1CCNC(=O)[C@H](CC(C)C)NC(=O)[C@H](CCN)NC(=O)[C@H](CCN)NC(=O)[C@H](CC(C)C)NC(=O)[C@@H](Cc2ccccc2)NC(=O)[C@H](CCCN=C(N)N)NC1=O. The molecule has 76 heavy (non-hydrogen) atoms. The molecular formula is C51H89N15O10. The van der Waals surface area contributed by atoms with Gasteiger partial charge in [-0.25, -0.2) is 0 Å². The van der Waals surface area contributed by atoms with Crippen LogP contribution in [-0.2, 0) is 49.6 Å². The van der Waals surface area contributed by atoms with E-state index in [4.69, 9.17) is 28.7 Å². The van der Waals surface area contributed by atoms with Crippen molar-refractivity contribution in [2.45, 2.75) is 179 Å². The molecule has 0 spiro atoms. The number of carbonyl (C=O) groups is 9. The number of hydrogen-bond donors (Lipinski definition) is 15. The van der Waals surface area contributed by atoms with Gasteiger partial charge in [-0.2, -0.15) is 0 Å². The predicted octanol–water partition coefficient (Wildman–Crippen LogP) is -2.85. The van der Waals surface area contributed by atoms with Crippen LogP contribution in [0.4, 0.5) is 0 Å². The third-order valence-electron chi connectivity index (χ3n) is 12.4. The van der Waals surface area contributed by atoms with E-state index in [-0.39, 0.29) is 115 Å². The highest BCUT2D eigenvalue weighted by molar-refractivity contribution is 5.98. The number of carbonyl (C=O) groups excluding carboxylic acids is 9. The summed E-state index contributed by atoms with van der Waals surface area (Å²) in [6.45, 7) is 8.88. The van der Waals surface area contributed by atoms with Crippen molar-refractivity contribution in [3.8, 4) is 0 Å². The van der Waals surface area contributed by atoms with E-state index >= 15 is 0 Å². The van der Waals surface area contributed by atoms with Crippen molar-refractivity contribution < 1.29 is 48.3 Å². The Balaban J connectivity index is 2.80. The topological polar surface area (TPSA) is 425 Å². The Morgan fingerprint density at radius 3 is 1.67 bits per heavy atom. The number of amides is 9. The van der Waals surface area contributed by atoms with Crippen molar-refractivity contribution in [3.63, 3.8) is 0 Å². The van der Waals surface area contributed by atoms with Gasteiger partial charge < -0.3 is 81.6 Å². The van der Waals surface area contributed by atoms with Crippen LogP contribution < -0.4 is 76.5 Å². The minimum absolute atomic E-state index is 0.0338. The van der Waals surface area contributed by atoms with E-state index in [9.17, 15) is 48.3 Å². The summed E-state index contributed by atoms with van der Waals surface area (Å²) in [4.78, 5) is 131. The van der Waals surface area contributed by atoms with E-state index in [1.165, 1.54) is 0 Å². The van der Waals surface area contributed by atoms with E-state index in [1.54, 1.807) is 30.3 Å². The standard InChI is InChI=1S/C51H89N15O10/c1-6-7-9-15-33(67)29-42(68)59-35(17-21-52)45(71)63-38-20-25-57-43(69)39(26-30(2)3)64-47(73)37(19-23-54)61-46(72)36(18-22-53)62-49(75)40(27-31(4)5)65-50(76)41(28-32-13-10-8-11-14-32)66-44(70)34(60-48(38)74)16-12-24-58-51(55)56/h8,10-11,13-14,30-31,33-41,67H,6-7,9,12,15-29,52-54H2,1-5H3,(H,57,69)(H,59,68)(H,60,74)(H,61,72)(H,62,75)(H,63,71)(H,64,73)(H,65,76)(H,66,70)(H4,55,56,58)/t33-,34+,35-,36+,37+,38+,39+,40+,41-/m1/s1.